The third kappa shape index (κ3) is 4.52. The van der Waals surface area contributed by atoms with E-state index in [1.807, 2.05) is 4.90 Å². The number of amides is 2. The molecule has 0 aromatic heterocycles. The van der Waals surface area contributed by atoms with E-state index in [2.05, 4.69) is 5.32 Å². The lowest BCUT2D eigenvalue weighted by Crippen LogP contribution is -2.49. The van der Waals surface area contributed by atoms with E-state index in [1.54, 1.807) is 47.4 Å². The summed E-state index contributed by atoms with van der Waals surface area (Å²) in [6.45, 7) is 1.99. The Morgan fingerprint density at radius 3 is 2.31 bits per heavy atom. The molecule has 0 spiro atoms. The Morgan fingerprint density at radius 2 is 1.65 bits per heavy atom. The summed E-state index contributed by atoms with van der Waals surface area (Å²) in [7, 11) is 0. The number of hydrogen-bond donors (Lipinski definition) is 1. The summed E-state index contributed by atoms with van der Waals surface area (Å²) in [5.41, 5.74) is 1.14. The minimum absolute atomic E-state index is 0.220. The fourth-order valence-corrected chi connectivity index (χ4v) is 3.02. The van der Waals surface area contributed by atoms with Crippen molar-refractivity contribution in [3.05, 3.63) is 59.4 Å². The molecule has 0 atom stereocenters. The van der Waals surface area contributed by atoms with Gasteiger partial charge in [-0.1, -0.05) is 23.7 Å². The van der Waals surface area contributed by atoms with Crippen LogP contribution in [0.5, 0.6) is 0 Å². The van der Waals surface area contributed by atoms with Crippen LogP contribution in [0.2, 0.25) is 5.02 Å². The summed E-state index contributed by atoms with van der Waals surface area (Å²) in [5.74, 6) is -0.867. The molecular weight excluding hydrogens is 357 g/mol. The van der Waals surface area contributed by atoms with Crippen LogP contribution < -0.4 is 10.2 Å². The smallest absolute Gasteiger partial charge is 0.233 e. The molecule has 136 valence electrons. The highest BCUT2D eigenvalue weighted by Gasteiger charge is 2.24. The molecule has 2 aromatic carbocycles. The summed E-state index contributed by atoms with van der Waals surface area (Å²) in [4.78, 5) is 27.9. The van der Waals surface area contributed by atoms with E-state index in [0.717, 1.165) is 0 Å². The molecule has 1 fully saturated rings. The second kappa shape index (κ2) is 8.19. The first-order chi connectivity index (χ1) is 12.5. The summed E-state index contributed by atoms with van der Waals surface area (Å²) < 4.78 is 13.9. The standard InChI is InChI=1S/C19H19ClFN3O2/c20-14-5-7-15(8-6-14)22-18(25)13-19(26)24-11-9-23(10-12-24)17-4-2-1-3-16(17)21/h1-8H,9-13H2,(H,22,25). The molecule has 0 aliphatic carbocycles. The van der Waals surface area contributed by atoms with Crippen molar-refractivity contribution in [2.24, 2.45) is 0 Å². The van der Waals surface area contributed by atoms with Crippen molar-refractivity contribution >= 4 is 34.8 Å². The van der Waals surface area contributed by atoms with E-state index in [1.165, 1.54) is 6.07 Å². The third-order valence-electron chi connectivity index (χ3n) is 4.27. The number of carbonyl (C=O) groups excluding carboxylic acids is 2. The number of anilines is 2. The number of rotatable bonds is 4. The first-order valence-corrected chi connectivity index (χ1v) is 8.73. The van der Waals surface area contributed by atoms with E-state index in [0.29, 0.717) is 42.6 Å². The third-order valence-corrected chi connectivity index (χ3v) is 4.52. The normalized spacial score (nSPS) is 14.2. The maximum absolute atomic E-state index is 13.9. The second-order valence-electron chi connectivity index (χ2n) is 6.05. The number of benzene rings is 2. The van der Waals surface area contributed by atoms with Crippen LogP contribution in [0.1, 0.15) is 6.42 Å². The molecule has 0 unspecified atom stereocenters. The maximum Gasteiger partial charge on any atom is 0.233 e. The molecule has 2 amide bonds. The van der Waals surface area contributed by atoms with Crippen LogP contribution >= 0.6 is 11.6 Å². The fraction of sp³-hybridized carbons (Fsp3) is 0.263. The summed E-state index contributed by atoms with van der Waals surface area (Å²) >= 11 is 5.80. The summed E-state index contributed by atoms with van der Waals surface area (Å²) in [5, 5.41) is 3.25. The Morgan fingerprint density at radius 1 is 1.00 bits per heavy atom. The zero-order chi connectivity index (χ0) is 18.5. The largest absolute Gasteiger partial charge is 0.366 e. The van der Waals surface area contributed by atoms with Gasteiger partial charge < -0.3 is 15.1 Å². The van der Waals surface area contributed by atoms with Gasteiger partial charge in [0.1, 0.15) is 12.2 Å². The molecule has 1 heterocycles. The molecule has 1 aliphatic heterocycles. The van der Waals surface area contributed by atoms with Crippen LogP contribution in [-0.4, -0.2) is 42.9 Å². The average molecular weight is 376 g/mol. The Labute approximate surface area is 156 Å². The van der Waals surface area contributed by atoms with Crippen molar-refractivity contribution < 1.29 is 14.0 Å². The topological polar surface area (TPSA) is 52.7 Å². The van der Waals surface area contributed by atoms with Crippen LogP contribution in [0.15, 0.2) is 48.5 Å². The van der Waals surface area contributed by atoms with Gasteiger partial charge in [-0.25, -0.2) is 4.39 Å². The highest BCUT2D eigenvalue weighted by Crippen LogP contribution is 2.20. The first-order valence-electron chi connectivity index (χ1n) is 8.35. The van der Waals surface area contributed by atoms with E-state index in [-0.39, 0.29) is 24.1 Å². The van der Waals surface area contributed by atoms with Gasteiger partial charge in [0.25, 0.3) is 0 Å². The van der Waals surface area contributed by atoms with Gasteiger partial charge in [-0.2, -0.15) is 0 Å². The van der Waals surface area contributed by atoms with Gasteiger partial charge in [-0.05, 0) is 36.4 Å². The fourth-order valence-electron chi connectivity index (χ4n) is 2.89. The Hall–Kier alpha value is -2.60. The average Bonchev–Trinajstić information content (AvgIpc) is 2.64. The summed E-state index contributed by atoms with van der Waals surface area (Å²) in [6.07, 6.45) is -0.220. The van der Waals surface area contributed by atoms with Crippen molar-refractivity contribution in [1.82, 2.24) is 4.90 Å². The van der Waals surface area contributed by atoms with Gasteiger partial charge in [-0.15, -0.1) is 0 Å². The molecule has 0 radical (unpaired) electrons. The molecule has 7 heteroatoms. The highest BCUT2D eigenvalue weighted by atomic mass is 35.5. The number of hydrogen-bond acceptors (Lipinski definition) is 3. The predicted molar refractivity (Wildman–Crippen MR) is 99.9 cm³/mol. The lowest BCUT2D eigenvalue weighted by molar-refractivity contribution is -0.134. The number of piperazine rings is 1. The quantitative estimate of drug-likeness (QED) is 0.835. The molecule has 2 aromatic rings. The number of nitrogens with zero attached hydrogens (tertiary/aromatic N) is 2. The molecule has 5 nitrogen and oxygen atoms in total. The molecule has 1 saturated heterocycles. The van der Waals surface area contributed by atoms with Gasteiger partial charge in [0.05, 0.1) is 5.69 Å². The Kier molecular flexibility index (Phi) is 5.73. The zero-order valence-electron chi connectivity index (χ0n) is 14.1. The second-order valence-corrected chi connectivity index (χ2v) is 6.49. The molecule has 1 aliphatic rings. The number of nitrogens with one attached hydrogen (secondary N) is 1. The molecule has 26 heavy (non-hydrogen) atoms. The lowest BCUT2D eigenvalue weighted by atomic mass is 10.2. The van der Waals surface area contributed by atoms with Gasteiger partial charge in [-0.3, -0.25) is 9.59 Å². The Balaban J connectivity index is 1.49. The number of para-hydroxylation sites is 1. The highest BCUT2D eigenvalue weighted by molar-refractivity contribution is 6.30. The zero-order valence-corrected chi connectivity index (χ0v) is 14.9. The van der Waals surface area contributed by atoms with Gasteiger partial charge in [0.15, 0.2) is 0 Å². The van der Waals surface area contributed by atoms with Gasteiger partial charge >= 0.3 is 0 Å². The minimum Gasteiger partial charge on any atom is -0.366 e. The van der Waals surface area contributed by atoms with Crippen molar-refractivity contribution in [2.45, 2.75) is 6.42 Å². The van der Waals surface area contributed by atoms with E-state index in [9.17, 15) is 14.0 Å². The van der Waals surface area contributed by atoms with Crippen molar-refractivity contribution in [3.63, 3.8) is 0 Å². The number of carbonyl (C=O) groups is 2. The maximum atomic E-state index is 13.9. The van der Waals surface area contributed by atoms with E-state index in [4.69, 9.17) is 11.6 Å². The summed E-state index contributed by atoms with van der Waals surface area (Å²) in [6, 6.07) is 13.3. The van der Waals surface area contributed by atoms with Crippen LogP contribution in [-0.2, 0) is 9.59 Å². The molecule has 3 rings (SSSR count). The predicted octanol–water partition coefficient (Wildman–Crippen LogP) is 3.16. The SMILES string of the molecule is O=C(CC(=O)N1CCN(c2ccccc2F)CC1)Nc1ccc(Cl)cc1. The first kappa shape index (κ1) is 18.2. The van der Waals surface area contributed by atoms with Gasteiger partial charge in [0.2, 0.25) is 11.8 Å². The monoisotopic (exact) mass is 375 g/mol. The Bertz CT molecular complexity index is 790. The van der Waals surface area contributed by atoms with E-state index >= 15 is 0 Å². The van der Waals surface area contributed by atoms with Crippen molar-refractivity contribution in [1.29, 1.82) is 0 Å². The van der Waals surface area contributed by atoms with Crippen molar-refractivity contribution in [2.75, 3.05) is 36.4 Å². The minimum atomic E-state index is -0.367. The number of halogens is 2. The van der Waals surface area contributed by atoms with E-state index < -0.39 is 0 Å². The van der Waals surface area contributed by atoms with Gasteiger partial charge in [0, 0.05) is 36.9 Å². The molecular formula is C19H19ClFN3O2. The van der Waals surface area contributed by atoms with Crippen LogP contribution in [0.4, 0.5) is 15.8 Å². The van der Waals surface area contributed by atoms with Crippen molar-refractivity contribution in [3.8, 4) is 0 Å². The van der Waals surface area contributed by atoms with Crippen LogP contribution in [0.25, 0.3) is 0 Å². The van der Waals surface area contributed by atoms with Crippen LogP contribution in [0, 0.1) is 5.82 Å². The molecule has 0 saturated carbocycles. The lowest BCUT2D eigenvalue weighted by Gasteiger charge is -2.36. The molecule has 0 bridgehead atoms. The molecule has 1 N–H and O–H groups in total. The van der Waals surface area contributed by atoms with Crippen LogP contribution in [0.3, 0.4) is 0 Å².